The van der Waals surface area contributed by atoms with Crippen LogP contribution in [0.3, 0.4) is 0 Å². The molecule has 7 nitrogen and oxygen atoms in total. The summed E-state index contributed by atoms with van der Waals surface area (Å²) in [7, 11) is 0. The molecule has 216 valence electrons. The number of carbonyl (C=O) groups excluding carboxylic acids is 3. The van der Waals surface area contributed by atoms with Gasteiger partial charge in [0.05, 0.1) is 11.9 Å². The first-order valence-corrected chi connectivity index (χ1v) is 14.2. The Morgan fingerprint density at radius 2 is 1.66 bits per heavy atom. The van der Waals surface area contributed by atoms with Crippen molar-refractivity contribution < 1.29 is 28.3 Å². The van der Waals surface area contributed by atoms with Gasteiger partial charge in [-0.1, -0.05) is 54.6 Å². The van der Waals surface area contributed by atoms with Crippen molar-refractivity contribution in [2.45, 2.75) is 56.7 Å². The summed E-state index contributed by atoms with van der Waals surface area (Å²) in [6, 6.07) is 16.9. The Bertz CT molecular complexity index is 1400. The average Bonchev–Trinajstić information content (AvgIpc) is 3.26. The van der Waals surface area contributed by atoms with Crippen molar-refractivity contribution in [3.8, 4) is 0 Å². The number of halogens is 2. The molecule has 0 aromatic heterocycles. The Morgan fingerprint density at radius 3 is 2.32 bits per heavy atom. The zero-order chi connectivity index (χ0) is 29.7. The molecule has 3 aromatic rings. The molecular weight excluding hydrogens is 548 g/mol. The summed E-state index contributed by atoms with van der Waals surface area (Å²) in [6.07, 6.45) is -1.68. The maximum Gasteiger partial charge on any atom is 0.254 e. The van der Waals surface area contributed by atoms with Gasteiger partial charge in [0.25, 0.3) is 11.8 Å². The number of thioether (sulfide) groups is 1. The second-order valence-electron chi connectivity index (χ2n) is 10.6. The lowest BCUT2D eigenvalue weighted by Crippen LogP contribution is -2.58. The van der Waals surface area contributed by atoms with Crippen molar-refractivity contribution in [2.24, 2.45) is 0 Å². The van der Waals surface area contributed by atoms with Crippen molar-refractivity contribution >= 4 is 29.5 Å². The molecule has 1 saturated heterocycles. The summed E-state index contributed by atoms with van der Waals surface area (Å²) in [5, 5.41) is 16.8. The van der Waals surface area contributed by atoms with E-state index in [1.165, 1.54) is 16.7 Å². The molecule has 3 aromatic carbocycles. The molecule has 3 atom stereocenters. The van der Waals surface area contributed by atoms with Crippen LogP contribution in [0.5, 0.6) is 0 Å². The van der Waals surface area contributed by atoms with Gasteiger partial charge in [0.1, 0.15) is 17.7 Å². The molecule has 1 fully saturated rings. The van der Waals surface area contributed by atoms with E-state index in [9.17, 15) is 28.3 Å². The Morgan fingerprint density at radius 1 is 1.02 bits per heavy atom. The van der Waals surface area contributed by atoms with Crippen molar-refractivity contribution in [1.82, 2.24) is 15.5 Å². The summed E-state index contributed by atoms with van der Waals surface area (Å²) < 4.78 is 26.9. The van der Waals surface area contributed by atoms with Crippen LogP contribution in [-0.4, -0.2) is 56.5 Å². The maximum atomic E-state index is 13.8. The van der Waals surface area contributed by atoms with Crippen molar-refractivity contribution in [1.29, 1.82) is 0 Å². The molecule has 0 bridgehead atoms. The fourth-order valence-corrected chi connectivity index (χ4v) is 6.03. The van der Waals surface area contributed by atoms with Gasteiger partial charge in [-0.15, -0.1) is 11.8 Å². The fraction of sp³-hybridized carbons (Fsp3) is 0.323. The van der Waals surface area contributed by atoms with Crippen molar-refractivity contribution in [3.63, 3.8) is 0 Å². The lowest BCUT2D eigenvalue weighted by atomic mass is 9.96. The number of nitrogens with zero attached hydrogens (tertiary/aromatic N) is 1. The van der Waals surface area contributed by atoms with Crippen LogP contribution in [0.2, 0.25) is 0 Å². The quantitative estimate of drug-likeness (QED) is 0.355. The Balaban J connectivity index is 1.55. The number of carbonyl (C=O) groups is 3. The highest BCUT2D eigenvalue weighted by Gasteiger charge is 2.49. The van der Waals surface area contributed by atoms with Crippen molar-refractivity contribution in [3.05, 3.63) is 107 Å². The van der Waals surface area contributed by atoms with Crippen LogP contribution in [0, 0.1) is 18.6 Å². The van der Waals surface area contributed by atoms with Crippen LogP contribution >= 0.6 is 11.8 Å². The molecule has 3 amide bonds. The van der Waals surface area contributed by atoms with Crippen LogP contribution in [0.1, 0.15) is 40.9 Å². The Kier molecular flexibility index (Phi) is 9.45. The van der Waals surface area contributed by atoms with Crippen LogP contribution in [-0.2, 0) is 22.6 Å². The SMILES string of the molecule is Cc1ccccc1CNC(=O)C1N(C(=O)C(O)C(Cc2ccccc2)NC(=O)c2cc(F)cc(F)c2)CSC1(C)C. The van der Waals surface area contributed by atoms with E-state index >= 15 is 0 Å². The van der Waals surface area contributed by atoms with Gasteiger partial charge in [-0.2, -0.15) is 0 Å². The zero-order valence-corrected chi connectivity index (χ0v) is 23.9. The number of hydrogen-bond donors (Lipinski definition) is 3. The smallest absolute Gasteiger partial charge is 0.254 e. The van der Waals surface area contributed by atoms with E-state index in [2.05, 4.69) is 10.6 Å². The first-order valence-electron chi connectivity index (χ1n) is 13.2. The highest BCUT2D eigenvalue weighted by Crippen LogP contribution is 2.40. The third kappa shape index (κ3) is 7.31. The van der Waals surface area contributed by atoms with E-state index in [0.717, 1.165) is 28.8 Å². The number of hydrogen-bond acceptors (Lipinski definition) is 5. The van der Waals surface area contributed by atoms with Gasteiger partial charge >= 0.3 is 0 Å². The van der Waals surface area contributed by atoms with E-state index in [1.54, 1.807) is 30.3 Å². The molecule has 4 rings (SSSR count). The first kappa shape index (κ1) is 30.2. The standard InChI is InChI=1S/C31H33F2N3O4S/c1-19-9-7-8-12-21(19)17-34-29(39)27-31(2,3)41-18-36(27)30(40)26(37)25(13-20-10-5-4-6-11-20)35-28(38)22-14-23(32)16-24(33)15-22/h4-12,14-16,25-27,37H,13,17-18H2,1-3H3,(H,34,39)(H,35,38). The summed E-state index contributed by atoms with van der Waals surface area (Å²) in [5.41, 5.74) is 2.40. The third-order valence-corrected chi connectivity index (χ3v) is 8.54. The first-order chi connectivity index (χ1) is 19.5. The summed E-state index contributed by atoms with van der Waals surface area (Å²) in [5.74, 6) is -3.63. The topological polar surface area (TPSA) is 98.7 Å². The van der Waals surface area contributed by atoms with Crippen LogP contribution < -0.4 is 10.6 Å². The Hall–Kier alpha value is -3.76. The molecule has 0 aliphatic carbocycles. The predicted octanol–water partition coefficient (Wildman–Crippen LogP) is 3.97. The molecule has 1 heterocycles. The molecule has 1 aliphatic heterocycles. The predicted molar refractivity (Wildman–Crippen MR) is 154 cm³/mol. The molecular formula is C31H33F2N3O4S. The average molecular weight is 582 g/mol. The van der Waals surface area contributed by atoms with E-state index in [-0.39, 0.29) is 30.3 Å². The number of aliphatic hydroxyl groups is 1. The Labute approximate surface area is 242 Å². The number of aliphatic hydroxyl groups excluding tert-OH is 1. The van der Waals surface area contributed by atoms with Gasteiger partial charge in [-0.05, 0) is 56.0 Å². The summed E-state index contributed by atoms with van der Waals surface area (Å²) in [6.45, 7) is 5.95. The number of amides is 3. The molecule has 3 unspecified atom stereocenters. The van der Waals surface area contributed by atoms with Crippen molar-refractivity contribution in [2.75, 3.05) is 5.88 Å². The monoisotopic (exact) mass is 581 g/mol. The second-order valence-corrected chi connectivity index (χ2v) is 12.2. The van der Waals surface area contributed by atoms with Crippen LogP contribution in [0.25, 0.3) is 0 Å². The molecule has 41 heavy (non-hydrogen) atoms. The number of nitrogens with one attached hydrogen (secondary N) is 2. The highest BCUT2D eigenvalue weighted by molar-refractivity contribution is 8.00. The lowest BCUT2D eigenvalue weighted by Gasteiger charge is -2.33. The lowest BCUT2D eigenvalue weighted by molar-refractivity contribution is -0.147. The van der Waals surface area contributed by atoms with Gasteiger partial charge < -0.3 is 20.6 Å². The highest BCUT2D eigenvalue weighted by atomic mass is 32.2. The number of aryl methyl sites for hydroxylation is 1. The molecule has 10 heteroatoms. The molecule has 0 saturated carbocycles. The van der Waals surface area contributed by atoms with Gasteiger partial charge in [0, 0.05) is 22.9 Å². The van der Waals surface area contributed by atoms with E-state index in [0.29, 0.717) is 6.07 Å². The number of rotatable bonds is 9. The maximum absolute atomic E-state index is 13.8. The third-order valence-electron chi connectivity index (χ3n) is 7.17. The zero-order valence-electron chi connectivity index (χ0n) is 23.1. The van der Waals surface area contributed by atoms with E-state index < -0.39 is 46.4 Å². The minimum Gasteiger partial charge on any atom is -0.381 e. The van der Waals surface area contributed by atoms with Gasteiger partial charge in [-0.25, -0.2) is 8.78 Å². The van der Waals surface area contributed by atoms with Crippen LogP contribution in [0.15, 0.2) is 72.8 Å². The van der Waals surface area contributed by atoms with E-state index in [1.807, 2.05) is 45.0 Å². The minimum atomic E-state index is -1.74. The molecule has 3 N–H and O–H groups in total. The van der Waals surface area contributed by atoms with Gasteiger partial charge in [-0.3, -0.25) is 14.4 Å². The normalized spacial score (nSPS) is 17.5. The number of benzene rings is 3. The van der Waals surface area contributed by atoms with Gasteiger partial charge in [0.2, 0.25) is 5.91 Å². The van der Waals surface area contributed by atoms with Gasteiger partial charge in [0.15, 0.2) is 6.10 Å². The van der Waals surface area contributed by atoms with Crippen LogP contribution in [0.4, 0.5) is 8.78 Å². The minimum absolute atomic E-state index is 0.0613. The molecule has 0 radical (unpaired) electrons. The largest absolute Gasteiger partial charge is 0.381 e. The summed E-state index contributed by atoms with van der Waals surface area (Å²) >= 11 is 1.41. The molecule has 0 spiro atoms. The summed E-state index contributed by atoms with van der Waals surface area (Å²) in [4.78, 5) is 41.5. The molecule has 1 aliphatic rings. The fourth-order valence-electron chi connectivity index (χ4n) is 4.89. The van der Waals surface area contributed by atoms with E-state index in [4.69, 9.17) is 0 Å². The second kappa shape index (κ2) is 12.8.